The van der Waals surface area contributed by atoms with Gasteiger partial charge in [-0.15, -0.1) is 33.2 Å². The molecule has 0 unspecified atom stereocenters. The highest BCUT2D eigenvalue weighted by Crippen LogP contribution is 1.97. The summed E-state index contributed by atoms with van der Waals surface area (Å²) >= 11 is 14.7. The maximum Gasteiger partial charge on any atom is 0.376 e. The second kappa shape index (κ2) is 2.33. The van der Waals surface area contributed by atoms with Crippen molar-refractivity contribution >= 4 is 40.0 Å². The maximum atomic E-state index is 4.91. The fraction of sp³-hybridized carbons (Fsp3) is 0. The van der Waals surface area contributed by atoms with Gasteiger partial charge in [-0.05, 0) is 0 Å². The van der Waals surface area contributed by atoms with Gasteiger partial charge in [0.15, 0.2) is 0 Å². The van der Waals surface area contributed by atoms with Gasteiger partial charge in [0.25, 0.3) is 0 Å². The molecule has 0 aromatic carbocycles. The molecule has 0 nitrogen and oxygen atoms in total. The Labute approximate surface area is 40.4 Å². The molecule has 4 heteroatoms. The first-order chi connectivity index (χ1) is 1.73. The van der Waals surface area contributed by atoms with Gasteiger partial charge >= 0.3 is 6.73 Å². The van der Waals surface area contributed by atoms with E-state index < -0.39 is 6.73 Å². The summed E-state index contributed by atoms with van der Waals surface area (Å²) in [5.41, 5.74) is 0. The van der Waals surface area contributed by atoms with Crippen LogP contribution in [0.15, 0.2) is 0 Å². The summed E-state index contributed by atoms with van der Waals surface area (Å²) in [6.45, 7) is -1.46. The van der Waals surface area contributed by atoms with Crippen molar-refractivity contribution in [1.82, 2.24) is 0 Å². The van der Waals surface area contributed by atoms with E-state index in [1.165, 1.54) is 0 Å². The van der Waals surface area contributed by atoms with E-state index in [1.54, 1.807) is 0 Å². The van der Waals surface area contributed by atoms with Gasteiger partial charge in [-0.1, -0.05) is 0 Å². The minimum absolute atomic E-state index is 1.46. The van der Waals surface area contributed by atoms with Crippen LogP contribution < -0.4 is 0 Å². The third kappa shape index (κ3) is 11.4. The number of hydrogen-bond donors (Lipinski definition) is 0. The van der Waals surface area contributed by atoms with E-state index in [1.807, 2.05) is 0 Å². The van der Waals surface area contributed by atoms with E-state index in [-0.39, 0.29) is 0 Å². The van der Waals surface area contributed by atoms with Crippen LogP contribution in [0.3, 0.4) is 0 Å². The maximum absolute atomic E-state index is 4.91. The normalized spacial score (nSPS) is 9.00. The summed E-state index contributed by atoms with van der Waals surface area (Å²) in [5.74, 6) is 0. The van der Waals surface area contributed by atoms with Crippen molar-refractivity contribution in [3.63, 3.8) is 0 Å². The van der Waals surface area contributed by atoms with Crippen molar-refractivity contribution in [3.05, 3.63) is 0 Å². The van der Waals surface area contributed by atoms with Gasteiger partial charge < -0.3 is 0 Å². The Morgan fingerprint density at radius 1 is 1.00 bits per heavy atom. The monoisotopic (exact) mass is 133 g/mol. The van der Waals surface area contributed by atoms with Crippen LogP contribution >= 0.6 is 33.2 Å². The third-order valence-electron chi connectivity index (χ3n) is 0. The Hall–Kier alpha value is 1.09. The Bertz CT molecular complexity index is 8.00. The molecule has 1 radical (unpaired) electrons. The zero-order valence-corrected chi connectivity index (χ0v) is 4.90. The van der Waals surface area contributed by atoms with Gasteiger partial charge in [0.05, 0.1) is 0 Å². The highest BCUT2D eigenvalue weighted by atomic mass is 35.8. The average Bonchev–Trinajstić information content (AvgIpc) is 0.811. The summed E-state index contributed by atoms with van der Waals surface area (Å²) in [6, 6.07) is 0. The molecule has 0 aliphatic rings. The molecule has 0 fully saturated rings. The van der Waals surface area contributed by atoms with Crippen molar-refractivity contribution in [2.75, 3.05) is 0 Å². The fourth-order valence-corrected chi connectivity index (χ4v) is 0. The SMILES string of the molecule is Cl[Si](Cl)Cl. The summed E-state index contributed by atoms with van der Waals surface area (Å²) in [6.07, 6.45) is 0. The Morgan fingerprint density at radius 3 is 1.00 bits per heavy atom. The Balaban J connectivity index is 2.32. The molecule has 25 valence electrons. The molecular weight excluding hydrogens is 134 g/mol. The zero-order valence-electron chi connectivity index (χ0n) is 1.63. The van der Waals surface area contributed by atoms with Crippen molar-refractivity contribution in [3.8, 4) is 0 Å². The molecule has 0 bridgehead atoms. The van der Waals surface area contributed by atoms with Crippen LogP contribution in [-0.2, 0) is 0 Å². The third-order valence-corrected chi connectivity index (χ3v) is 0. The van der Waals surface area contributed by atoms with Crippen molar-refractivity contribution in [2.24, 2.45) is 0 Å². The molecule has 4 heavy (non-hydrogen) atoms. The van der Waals surface area contributed by atoms with E-state index in [9.17, 15) is 0 Å². The van der Waals surface area contributed by atoms with Crippen LogP contribution in [0.2, 0.25) is 0 Å². The predicted molar refractivity (Wildman–Crippen MR) is 23.3 cm³/mol. The largest absolute Gasteiger partial charge is 0.376 e. The minimum atomic E-state index is -1.46. The standard InChI is InChI=1S/Cl3Si/c1-4(2)3. The molecule has 0 N–H and O–H groups in total. The van der Waals surface area contributed by atoms with Crippen LogP contribution in [0.5, 0.6) is 0 Å². The van der Waals surface area contributed by atoms with E-state index in [4.69, 9.17) is 33.2 Å². The molecule has 0 aromatic rings. The van der Waals surface area contributed by atoms with Crippen molar-refractivity contribution in [2.45, 2.75) is 0 Å². The summed E-state index contributed by atoms with van der Waals surface area (Å²) in [5, 5.41) is 0. The lowest BCUT2D eigenvalue weighted by Crippen LogP contribution is -1.66. The summed E-state index contributed by atoms with van der Waals surface area (Å²) < 4.78 is 0. The van der Waals surface area contributed by atoms with Gasteiger partial charge in [-0.25, -0.2) is 0 Å². The minimum Gasteiger partial charge on any atom is -0.125 e. The molecular formula is Cl3Si. The topological polar surface area (TPSA) is 0 Å². The van der Waals surface area contributed by atoms with Crippen LogP contribution in [0.1, 0.15) is 0 Å². The second-order valence-corrected chi connectivity index (χ2v) is 5.79. The van der Waals surface area contributed by atoms with Crippen LogP contribution in [-0.4, -0.2) is 6.73 Å². The van der Waals surface area contributed by atoms with Crippen LogP contribution in [0, 0.1) is 0 Å². The lowest BCUT2D eigenvalue weighted by atomic mass is 27.7. The number of hydrogen-bond acceptors (Lipinski definition) is 0. The molecule has 0 heterocycles. The first-order valence-electron chi connectivity index (χ1n) is 0.567. The number of halogens is 3. The second-order valence-electron chi connectivity index (χ2n) is 0.214. The van der Waals surface area contributed by atoms with Crippen molar-refractivity contribution < 1.29 is 0 Å². The van der Waals surface area contributed by atoms with Crippen molar-refractivity contribution in [1.29, 1.82) is 0 Å². The summed E-state index contributed by atoms with van der Waals surface area (Å²) in [4.78, 5) is 0. The Morgan fingerprint density at radius 2 is 1.00 bits per heavy atom. The van der Waals surface area contributed by atoms with Crippen LogP contribution in [0.4, 0.5) is 0 Å². The molecule has 0 saturated carbocycles. The quantitative estimate of drug-likeness (QED) is 0.349. The molecule has 0 aliphatic carbocycles. The average molecular weight is 134 g/mol. The highest BCUT2D eigenvalue weighted by Gasteiger charge is 1.88. The lowest BCUT2D eigenvalue weighted by molar-refractivity contribution is 4.07. The van der Waals surface area contributed by atoms with Gasteiger partial charge in [-0.2, -0.15) is 0 Å². The molecule has 0 saturated heterocycles. The first-order valence-corrected chi connectivity index (χ1v) is 5.10. The molecule has 0 aromatic heterocycles. The van der Waals surface area contributed by atoms with Gasteiger partial charge in [0.2, 0.25) is 0 Å². The molecule has 0 spiro atoms. The molecule has 0 atom stereocenters. The highest BCUT2D eigenvalue weighted by molar-refractivity contribution is 7.54. The molecule has 0 aliphatic heterocycles. The Kier molecular flexibility index (Phi) is 2.97. The van der Waals surface area contributed by atoms with E-state index >= 15 is 0 Å². The smallest absolute Gasteiger partial charge is 0.125 e. The lowest BCUT2D eigenvalue weighted by Gasteiger charge is -1.62. The van der Waals surface area contributed by atoms with Gasteiger partial charge in [0.1, 0.15) is 0 Å². The molecule has 0 amide bonds. The van der Waals surface area contributed by atoms with E-state index in [2.05, 4.69) is 0 Å². The fourth-order valence-electron chi connectivity index (χ4n) is 0. The predicted octanol–water partition coefficient (Wildman–Crippen LogP) is 1.69. The van der Waals surface area contributed by atoms with Gasteiger partial charge in [0, 0.05) is 0 Å². The van der Waals surface area contributed by atoms with Gasteiger partial charge in [-0.3, -0.25) is 0 Å². The summed E-state index contributed by atoms with van der Waals surface area (Å²) in [7, 11) is 0. The number of rotatable bonds is 0. The van der Waals surface area contributed by atoms with Crippen LogP contribution in [0.25, 0.3) is 0 Å². The molecule has 0 rings (SSSR count). The van der Waals surface area contributed by atoms with E-state index in [0.29, 0.717) is 0 Å². The first kappa shape index (κ1) is 5.09. The zero-order chi connectivity index (χ0) is 3.58. The van der Waals surface area contributed by atoms with E-state index in [0.717, 1.165) is 0 Å².